The van der Waals surface area contributed by atoms with Gasteiger partial charge in [-0.15, -0.1) is 4.91 Å². The monoisotopic (exact) mass is 500 g/mol. The summed E-state index contributed by atoms with van der Waals surface area (Å²) in [6.07, 6.45) is 14.1. The van der Waals surface area contributed by atoms with Gasteiger partial charge in [0.15, 0.2) is 0 Å². The van der Waals surface area contributed by atoms with Crippen molar-refractivity contribution in [1.29, 1.82) is 0 Å². The summed E-state index contributed by atoms with van der Waals surface area (Å²) < 4.78 is 18.9. The fraction of sp³-hybridized carbons (Fsp3) is 0.630. The molecule has 3 rings (SSSR count). The lowest BCUT2D eigenvalue weighted by Gasteiger charge is -2.38. The van der Waals surface area contributed by atoms with Crippen molar-refractivity contribution in [2.24, 2.45) is 44.3 Å². The third-order valence-electron chi connectivity index (χ3n) is 7.45. The van der Waals surface area contributed by atoms with Crippen LogP contribution in [-0.4, -0.2) is 29.5 Å². The van der Waals surface area contributed by atoms with Crippen LogP contribution in [0, 0.1) is 28.6 Å². The molecule has 0 bridgehead atoms. The molecule has 0 amide bonds. The molecule has 0 radical (unpaired) electrons. The molecule has 7 nitrogen and oxygen atoms in total. The summed E-state index contributed by atoms with van der Waals surface area (Å²) in [5, 5.41) is 0. The molecule has 2 N–H and O–H groups in total. The Hall–Kier alpha value is -2.27. The van der Waals surface area contributed by atoms with Crippen LogP contribution in [0.15, 0.2) is 62.9 Å². The second-order valence-electron chi connectivity index (χ2n) is 10.8. The third-order valence-corrected chi connectivity index (χ3v) is 9.98. The highest BCUT2D eigenvalue weighted by molar-refractivity contribution is 7.62. The molecule has 3 aliphatic rings. The Morgan fingerprint density at radius 2 is 2.03 bits per heavy atom. The first kappa shape index (κ1) is 27.3. The number of hydrogen-bond acceptors (Lipinski definition) is 6. The molecule has 192 valence electrons. The van der Waals surface area contributed by atoms with Gasteiger partial charge in [-0.1, -0.05) is 38.7 Å². The Labute approximate surface area is 210 Å². The zero-order chi connectivity index (χ0) is 25.8. The zero-order valence-electron chi connectivity index (χ0n) is 21.9. The summed E-state index contributed by atoms with van der Waals surface area (Å²) in [6.45, 7) is 13.7. The van der Waals surface area contributed by atoms with Crippen molar-refractivity contribution in [3.63, 3.8) is 0 Å². The molecule has 8 heteroatoms. The number of allylic oxidation sites excluding steroid dienone is 4. The predicted octanol–water partition coefficient (Wildman–Crippen LogP) is 6.98. The molecule has 0 aromatic rings. The molecule has 1 aliphatic heterocycles. The van der Waals surface area contributed by atoms with Crippen molar-refractivity contribution in [3.8, 4) is 0 Å². The molecule has 0 aromatic carbocycles. The van der Waals surface area contributed by atoms with Crippen molar-refractivity contribution in [2.45, 2.75) is 72.3 Å². The summed E-state index contributed by atoms with van der Waals surface area (Å²) in [5.74, 6) is 2.12. The summed E-state index contributed by atoms with van der Waals surface area (Å²) in [6, 6.07) is 0. The smallest absolute Gasteiger partial charge is 0.242 e. The number of ether oxygens (including phenoxy) is 1. The Balaban J connectivity index is 1.72. The topological polar surface area (TPSA) is 106 Å². The van der Waals surface area contributed by atoms with Gasteiger partial charge in [-0.25, -0.2) is 9.98 Å². The summed E-state index contributed by atoms with van der Waals surface area (Å²) in [4.78, 5) is 23.4. The number of aliphatic imine (C=N–C) groups is 2. The molecule has 2 aliphatic carbocycles. The normalized spacial score (nSPS) is 32.7. The fourth-order valence-electron chi connectivity index (χ4n) is 5.73. The first-order valence-corrected chi connectivity index (χ1v) is 14.8. The summed E-state index contributed by atoms with van der Waals surface area (Å²) in [5.41, 5.74) is 8.44. The second-order valence-corrected chi connectivity index (χ2v) is 13.4. The minimum Gasteiger partial charge on any atom is -0.464 e. The maximum atomic E-state index is 12.7. The van der Waals surface area contributed by atoms with Gasteiger partial charge in [-0.05, 0) is 87.1 Å². The zero-order valence-corrected chi connectivity index (χ0v) is 22.8. The molecule has 35 heavy (non-hydrogen) atoms. The van der Waals surface area contributed by atoms with E-state index in [1.165, 1.54) is 6.20 Å². The minimum absolute atomic E-state index is 0.348. The number of nitrogens with two attached hydrogens (primary N) is 1. The van der Waals surface area contributed by atoms with Gasteiger partial charge in [-0.3, -0.25) is 4.57 Å². The lowest BCUT2D eigenvalue weighted by atomic mass is 9.70. The average molecular weight is 501 g/mol. The Morgan fingerprint density at radius 3 is 2.57 bits per heavy atom. The number of hydrogen-bond donors (Lipinski definition) is 1. The first-order chi connectivity index (χ1) is 16.5. The number of nitrogens with zero attached hydrogens (tertiary/aromatic N) is 3. The highest BCUT2D eigenvalue weighted by Gasteiger charge is 2.39. The van der Waals surface area contributed by atoms with Crippen LogP contribution in [-0.2, 0) is 9.30 Å². The largest absolute Gasteiger partial charge is 0.464 e. The molecule has 0 spiro atoms. The molecule has 1 saturated carbocycles. The van der Waals surface area contributed by atoms with Crippen LogP contribution >= 0.6 is 7.29 Å². The van der Waals surface area contributed by atoms with E-state index in [2.05, 4.69) is 41.7 Å². The van der Waals surface area contributed by atoms with Gasteiger partial charge in [-0.2, -0.15) is 0 Å². The van der Waals surface area contributed by atoms with Gasteiger partial charge >= 0.3 is 0 Å². The van der Waals surface area contributed by atoms with Crippen LogP contribution in [0.5, 0.6) is 0 Å². The second kappa shape index (κ2) is 11.2. The SMILES string of the molecule is C=CN=C1OC(C)(C)C(C2=CC(C)C(C3CCC(CP(=O)(CCC)N=O)CC3)C=C2)=N/C1=C(/C)N. The molecule has 1 fully saturated rings. The number of nitroso groups, excluding NO2 is 1. The lowest BCUT2D eigenvalue weighted by molar-refractivity contribution is 0.163. The van der Waals surface area contributed by atoms with Gasteiger partial charge in [0, 0.05) is 24.2 Å². The van der Waals surface area contributed by atoms with E-state index in [1.807, 2.05) is 20.8 Å². The standard InChI is InChI=1S/C27H41N4O3P/c1-7-15-35(33,31-32)17-20-9-11-21(12-10-20)23-14-13-22(16-18(23)3)25-27(5,6)34-26(29-8-2)24(30-25)19(4)28/h8,13-14,16,18,20-21,23H,2,7,9-12,15,17,28H2,1,3-6H3/b24-19-,29-26?. The molecule has 1 heterocycles. The molecule has 0 saturated heterocycles. The van der Waals surface area contributed by atoms with Crippen molar-refractivity contribution in [3.05, 3.63) is 52.9 Å². The Bertz CT molecular complexity index is 1030. The van der Waals surface area contributed by atoms with Crippen molar-refractivity contribution < 1.29 is 9.30 Å². The average Bonchev–Trinajstić information content (AvgIpc) is 2.79. The minimum atomic E-state index is -2.90. The summed E-state index contributed by atoms with van der Waals surface area (Å²) in [7, 11) is -2.90. The van der Waals surface area contributed by atoms with E-state index in [-0.39, 0.29) is 0 Å². The van der Waals surface area contributed by atoms with Crippen molar-refractivity contribution in [2.75, 3.05) is 12.3 Å². The van der Waals surface area contributed by atoms with Gasteiger partial charge in [0.25, 0.3) is 0 Å². The van der Waals surface area contributed by atoms with Crippen LogP contribution in [0.1, 0.15) is 66.7 Å². The Morgan fingerprint density at radius 1 is 1.34 bits per heavy atom. The van der Waals surface area contributed by atoms with Gasteiger partial charge in [0.1, 0.15) is 11.3 Å². The molecule has 3 atom stereocenters. The van der Waals surface area contributed by atoms with E-state index in [0.717, 1.165) is 43.4 Å². The molecule has 0 aromatic heterocycles. The highest BCUT2D eigenvalue weighted by Crippen LogP contribution is 2.52. The van der Waals surface area contributed by atoms with E-state index < -0.39 is 12.9 Å². The first-order valence-electron chi connectivity index (χ1n) is 12.8. The van der Waals surface area contributed by atoms with Crippen LogP contribution < -0.4 is 5.73 Å². The van der Waals surface area contributed by atoms with Gasteiger partial charge in [0.2, 0.25) is 13.2 Å². The van der Waals surface area contributed by atoms with E-state index >= 15 is 0 Å². The maximum absolute atomic E-state index is 12.7. The van der Waals surface area contributed by atoms with Crippen LogP contribution in [0.4, 0.5) is 0 Å². The van der Waals surface area contributed by atoms with Crippen molar-refractivity contribution >= 4 is 18.9 Å². The molecular weight excluding hydrogens is 459 g/mol. The quantitative estimate of drug-likeness (QED) is 0.287. The molecule has 3 unspecified atom stereocenters. The van der Waals surface area contributed by atoms with E-state index in [1.54, 1.807) is 6.92 Å². The lowest BCUT2D eigenvalue weighted by Crippen LogP contribution is -2.43. The van der Waals surface area contributed by atoms with Crippen LogP contribution in [0.2, 0.25) is 0 Å². The van der Waals surface area contributed by atoms with Crippen LogP contribution in [0.25, 0.3) is 0 Å². The highest BCUT2D eigenvalue weighted by atomic mass is 31.2. The predicted molar refractivity (Wildman–Crippen MR) is 146 cm³/mol. The maximum Gasteiger partial charge on any atom is 0.242 e. The Kier molecular flexibility index (Phi) is 8.74. The van der Waals surface area contributed by atoms with E-state index in [4.69, 9.17) is 15.5 Å². The number of rotatable bonds is 8. The van der Waals surface area contributed by atoms with E-state index in [9.17, 15) is 9.47 Å². The van der Waals surface area contributed by atoms with Crippen molar-refractivity contribution in [1.82, 2.24) is 0 Å². The third kappa shape index (κ3) is 6.30. The van der Waals surface area contributed by atoms with E-state index in [0.29, 0.717) is 53.3 Å². The van der Waals surface area contributed by atoms with Gasteiger partial charge in [0.05, 0.1) is 5.71 Å². The van der Waals surface area contributed by atoms with Crippen LogP contribution in [0.3, 0.4) is 0 Å². The fourth-order valence-corrected chi connectivity index (χ4v) is 7.93. The molecular formula is C27H41N4O3P. The van der Waals surface area contributed by atoms with Gasteiger partial charge < -0.3 is 10.5 Å². The summed E-state index contributed by atoms with van der Waals surface area (Å²) >= 11 is 0.